The van der Waals surface area contributed by atoms with Crippen LogP contribution in [0.2, 0.25) is 0 Å². The second-order valence-corrected chi connectivity index (χ2v) is 7.28. The zero-order chi connectivity index (χ0) is 20.9. The summed E-state index contributed by atoms with van der Waals surface area (Å²) in [6.07, 6.45) is 3.34. The van der Waals surface area contributed by atoms with Crippen LogP contribution in [0, 0.1) is 11.3 Å². The Morgan fingerprint density at radius 1 is 1.10 bits per heavy atom. The summed E-state index contributed by atoms with van der Waals surface area (Å²) in [4.78, 5) is 32.8. The number of anilines is 1. The van der Waals surface area contributed by atoms with Gasteiger partial charge in [-0.15, -0.1) is 0 Å². The van der Waals surface area contributed by atoms with Crippen LogP contribution in [0.3, 0.4) is 0 Å². The van der Waals surface area contributed by atoms with E-state index in [0.717, 1.165) is 30.0 Å². The Kier molecular flexibility index (Phi) is 5.70. The smallest absolute Gasteiger partial charge is 0.272 e. The molecule has 8 nitrogen and oxygen atoms in total. The molecule has 0 bridgehead atoms. The van der Waals surface area contributed by atoms with E-state index in [-0.39, 0.29) is 11.5 Å². The number of nitrogens with one attached hydrogen (secondary N) is 1. The van der Waals surface area contributed by atoms with Crippen molar-refractivity contribution in [3.8, 4) is 6.07 Å². The van der Waals surface area contributed by atoms with Crippen LogP contribution in [0.1, 0.15) is 24.1 Å². The lowest BCUT2D eigenvalue weighted by Gasteiger charge is -2.35. The van der Waals surface area contributed by atoms with Crippen molar-refractivity contribution in [1.82, 2.24) is 20.1 Å². The van der Waals surface area contributed by atoms with Crippen molar-refractivity contribution in [3.63, 3.8) is 0 Å². The summed E-state index contributed by atoms with van der Waals surface area (Å²) in [6.45, 7) is 2.74. The highest BCUT2D eigenvalue weighted by atomic mass is 16.2. The maximum absolute atomic E-state index is 12.6. The largest absolute Gasteiger partial charge is 0.353 e. The lowest BCUT2D eigenvalue weighted by atomic mass is 10.1. The Bertz CT molecular complexity index is 1140. The monoisotopic (exact) mass is 402 g/mol. The first-order chi connectivity index (χ1) is 14.7. The van der Waals surface area contributed by atoms with Crippen molar-refractivity contribution in [2.24, 2.45) is 0 Å². The fraction of sp³-hybridized carbons (Fsp3) is 0.318. The van der Waals surface area contributed by atoms with Crippen LogP contribution in [0.5, 0.6) is 0 Å². The van der Waals surface area contributed by atoms with Gasteiger partial charge in [-0.25, -0.2) is 10.1 Å². The van der Waals surface area contributed by atoms with Gasteiger partial charge in [-0.2, -0.15) is 10.4 Å². The third-order valence-electron chi connectivity index (χ3n) is 5.41. The fourth-order valence-electron chi connectivity index (χ4n) is 3.75. The zero-order valence-electron chi connectivity index (χ0n) is 16.5. The first kappa shape index (κ1) is 19.6. The van der Waals surface area contributed by atoms with E-state index in [1.54, 1.807) is 18.3 Å². The predicted octanol–water partition coefficient (Wildman–Crippen LogP) is 1.86. The van der Waals surface area contributed by atoms with Gasteiger partial charge >= 0.3 is 0 Å². The molecule has 1 amide bonds. The molecule has 2 aromatic heterocycles. The number of fused-ring (bicyclic) bond motifs is 1. The summed E-state index contributed by atoms with van der Waals surface area (Å²) in [5.74, 6) is 0.966. The first-order valence-corrected chi connectivity index (χ1v) is 10.0. The summed E-state index contributed by atoms with van der Waals surface area (Å²) in [5.41, 5.74) is 1.16. The van der Waals surface area contributed by atoms with Gasteiger partial charge < -0.3 is 9.80 Å². The molecule has 3 heterocycles. The normalized spacial score (nSPS) is 14.0. The Morgan fingerprint density at radius 3 is 2.57 bits per heavy atom. The Balaban J connectivity index is 1.29. The standard InChI is InChI=1S/C22H22N6O2/c23-14-16-8-9-20(24-15-16)27-10-12-28(13-11-27)21(29)7-3-6-19-17-4-1-2-5-18(17)22(30)26-25-19/h1-2,4-5,8-9,15H,3,6-7,10-13H2,(H,26,30). The van der Waals surface area contributed by atoms with Crippen molar-refractivity contribution in [3.05, 3.63) is 64.2 Å². The summed E-state index contributed by atoms with van der Waals surface area (Å²) in [7, 11) is 0. The third-order valence-corrected chi connectivity index (χ3v) is 5.41. The number of amides is 1. The van der Waals surface area contributed by atoms with Crippen LogP contribution in [-0.2, 0) is 11.2 Å². The second-order valence-electron chi connectivity index (χ2n) is 7.28. The number of benzene rings is 1. The van der Waals surface area contributed by atoms with Crippen LogP contribution >= 0.6 is 0 Å². The van der Waals surface area contributed by atoms with Crippen molar-refractivity contribution in [1.29, 1.82) is 5.26 Å². The van der Waals surface area contributed by atoms with Gasteiger partial charge in [-0.05, 0) is 31.0 Å². The molecule has 0 atom stereocenters. The second kappa shape index (κ2) is 8.74. The molecule has 4 rings (SSSR count). The van der Waals surface area contributed by atoms with E-state index in [4.69, 9.17) is 5.26 Å². The number of H-pyrrole nitrogens is 1. The molecule has 1 saturated heterocycles. The lowest BCUT2D eigenvalue weighted by molar-refractivity contribution is -0.131. The number of carbonyl (C=O) groups excluding carboxylic acids is 1. The Hall–Kier alpha value is -3.73. The average molecular weight is 402 g/mol. The molecule has 1 N–H and O–H groups in total. The molecule has 152 valence electrons. The highest BCUT2D eigenvalue weighted by Crippen LogP contribution is 2.17. The van der Waals surface area contributed by atoms with Crippen LogP contribution in [-0.4, -0.2) is 52.2 Å². The topological polar surface area (TPSA) is 106 Å². The number of pyridine rings is 1. The van der Waals surface area contributed by atoms with Crippen LogP contribution in [0.4, 0.5) is 5.82 Å². The molecular formula is C22H22N6O2. The summed E-state index contributed by atoms with van der Waals surface area (Å²) in [6, 6.07) is 13.1. The molecule has 1 aromatic carbocycles. The van der Waals surface area contributed by atoms with Gasteiger partial charge in [-0.1, -0.05) is 18.2 Å². The van der Waals surface area contributed by atoms with E-state index < -0.39 is 0 Å². The van der Waals surface area contributed by atoms with E-state index in [0.29, 0.717) is 43.3 Å². The summed E-state index contributed by atoms with van der Waals surface area (Å²) in [5, 5.41) is 17.1. The van der Waals surface area contributed by atoms with Gasteiger partial charge in [0.25, 0.3) is 5.56 Å². The minimum Gasteiger partial charge on any atom is -0.353 e. The number of rotatable bonds is 5. The molecule has 3 aromatic rings. The molecule has 0 unspecified atom stereocenters. The first-order valence-electron chi connectivity index (χ1n) is 10.0. The SMILES string of the molecule is N#Cc1ccc(N2CCN(C(=O)CCCc3n[nH]c(=O)c4ccccc34)CC2)nc1. The molecule has 0 spiro atoms. The Labute approximate surface area is 173 Å². The Morgan fingerprint density at radius 2 is 1.87 bits per heavy atom. The molecule has 0 radical (unpaired) electrons. The minimum atomic E-state index is -0.194. The van der Waals surface area contributed by atoms with E-state index >= 15 is 0 Å². The molecule has 0 saturated carbocycles. The van der Waals surface area contributed by atoms with E-state index in [1.165, 1.54) is 0 Å². The maximum atomic E-state index is 12.6. The zero-order valence-corrected chi connectivity index (χ0v) is 16.5. The molecule has 0 aliphatic carbocycles. The number of nitriles is 1. The average Bonchev–Trinajstić information content (AvgIpc) is 2.81. The lowest BCUT2D eigenvalue weighted by Crippen LogP contribution is -2.49. The molecular weight excluding hydrogens is 380 g/mol. The number of aromatic amines is 1. The van der Waals surface area contributed by atoms with Crippen LogP contribution in [0.15, 0.2) is 47.4 Å². The van der Waals surface area contributed by atoms with E-state index in [9.17, 15) is 9.59 Å². The molecule has 1 aliphatic heterocycles. The summed E-state index contributed by atoms with van der Waals surface area (Å²) >= 11 is 0. The van der Waals surface area contributed by atoms with E-state index in [2.05, 4.69) is 26.2 Å². The van der Waals surface area contributed by atoms with Gasteiger partial charge in [0.1, 0.15) is 11.9 Å². The van der Waals surface area contributed by atoms with Gasteiger partial charge in [0.05, 0.1) is 16.6 Å². The van der Waals surface area contributed by atoms with Crippen LogP contribution in [0.25, 0.3) is 10.8 Å². The molecule has 1 aliphatic rings. The highest BCUT2D eigenvalue weighted by Gasteiger charge is 2.21. The number of hydrogen-bond acceptors (Lipinski definition) is 6. The molecule has 1 fully saturated rings. The van der Waals surface area contributed by atoms with Gasteiger partial charge in [-0.3, -0.25) is 9.59 Å². The van der Waals surface area contributed by atoms with Crippen molar-refractivity contribution in [2.45, 2.75) is 19.3 Å². The predicted molar refractivity (Wildman–Crippen MR) is 113 cm³/mol. The van der Waals surface area contributed by atoms with Gasteiger partial charge in [0, 0.05) is 44.2 Å². The number of hydrogen-bond donors (Lipinski definition) is 1. The van der Waals surface area contributed by atoms with Crippen LogP contribution < -0.4 is 10.5 Å². The number of aromatic nitrogens is 3. The number of piperazine rings is 1. The number of nitrogens with zero attached hydrogens (tertiary/aromatic N) is 5. The van der Waals surface area contributed by atoms with Gasteiger partial charge in [0.15, 0.2) is 0 Å². The number of carbonyl (C=O) groups is 1. The molecule has 30 heavy (non-hydrogen) atoms. The van der Waals surface area contributed by atoms with Crippen molar-refractivity contribution >= 4 is 22.5 Å². The van der Waals surface area contributed by atoms with E-state index in [1.807, 2.05) is 29.2 Å². The maximum Gasteiger partial charge on any atom is 0.272 e. The van der Waals surface area contributed by atoms with Gasteiger partial charge in [0.2, 0.25) is 5.91 Å². The van der Waals surface area contributed by atoms with Crippen molar-refractivity contribution < 1.29 is 4.79 Å². The fourth-order valence-corrected chi connectivity index (χ4v) is 3.75. The highest BCUT2D eigenvalue weighted by molar-refractivity contribution is 5.83. The summed E-state index contributed by atoms with van der Waals surface area (Å²) < 4.78 is 0. The third kappa shape index (κ3) is 4.15. The minimum absolute atomic E-state index is 0.135. The molecule has 8 heteroatoms. The number of aryl methyl sites for hydroxylation is 1. The quantitative estimate of drug-likeness (QED) is 0.698. The van der Waals surface area contributed by atoms with Crippen molar-refractivity contribution in [2.75, 3.05) is 31.1 Å².